The Morgan fingerprint density at radius 1 is 1.00 bits per heavy atom. The Morgan fingerprint density at radius 3 is 2.17 bits per heavy atom. The zero-order valence-electron chi connectivity index (χ0n) is 7.68. The van der Waals surface area contributed by atoms with Crippen LogP contribution in [0.1, 0.15) is 38.5 Å². The van der Waals surface area contributed by atoms with Gasteiger partial charge in [-0.2, -0.15) is 0 Å². The van der Waals surface area contributed by atoms with E-state index < -0.39 is 0 Å². The van der Waals surface area contributed by atoms with Crippen LogP contribution < -0.4 is 5.32 Å². The first-order valence-corrected chi connectivity index (χ1v) is 5.20. The summed E-state index contributed by atoms with van der Waals surface area (Å²) >= 11 is 0. The summed E-state index contributed by atoms with van der Waals surface area (Å²) in [6, 6.07) is 0. The molecule has 1 saturated carbocycles. The van der Waals surface area contributed by atoms with Crippen LogP contribution in [0.5, 0.6) is 0 Å². The van der Waals surface area contributed by atoms with E-state index in [-0.39, 0.29) is 6.10 Å². The maximum absolute atomic E-state index is 9.41. The molecule has 0 bridgehead atoms. The van der Waals surface area contributed by atoms with Gasteiger partial charge in [0.1, 0.15) is 0 Å². The standard InChI is InChI=1S/C10H19NO/c12-9-1-3-10(4-2-9)5-7-11-8-6-10/h9,11-12H,1-8H2. The van der Waals surface area contributed by atoms with E-state index in [1.54, 1.807) is 0 Å². The molecule has 0 aromatic heterocycles. The second kappa shape index (κ2) is 3.35. The lowest BCUT2D eigenvalue weighted by Crippen LogP contribution is -2.39. The highest BCUT2D eigenvalue weighted by Crippen LogP contribution is 2.42. The lowest BCUT2D eigenvalue weighted by molar-refractivity contribution is 0.0440. The van der Waals surface area contributed by atoms with Crippen LogP contribution in [0.3, 0.4) is 0 Å². The molecule has 12 heavy (non-hydrogen) atoms. The van der Waals surface area contributed by atoms with Gasteiger partial charge in [0.2, 0.25) is 0 Å². The van der Waals surface area contributed by atoms with Gasteiger partial charge in [0, 0.05) is 0 Å². The van der Waals surface area contributed by atoms with Crippen LogP contribution in [0.25, 0.3) is 0 Å². The van der Waals surface area contributed by atoms with Gasteiger partial charge in [-0.05, 0) is 57.0 Å². The molecule has 0 atom stereocenters. The molecule has 1 aliphatic carbocycles. The molecule has 0 aromatic rings. The molecule has 1 spiro atoms. The highest BCUT2D eigenvalue weighted by Gasteiger charge is 2.35. The predicted octanol–water partition coefficient (Wildman–Crippen LogP) is 1.29. The SMILES string of the molecule is OC1CCC2(CCNCC2)CC1. The molecule has 0 radical (unpaired) electrons. The summed E-state index contributed by atoms with van der Waals surface area (Å²) in [5.74, 6) is 0. The van der Waals surface area contributed by atoms with E-state index in [9.17, 15) is 5.11 Å². The van der Waals surface area contributed by atoms with Crippen LogP contribution in [0.2, 0.25) is 0 Å². The van der Waals surface area contributed by atoms with Gasteiger partial charge in [0.05, 0.1) is 6.10 Å². The molecule has 0 unspecified atom stereocenters. The van der Waals surface area contributed by atoms with Crippen molar-refractivity contribution >= 4 is 0 Å². The fourth-order valence-electron chi connectivity index (χ4n) is 2.67. The zero-order valence-corrected chi connectivity index (χ0v) is 7.68. The van der Waals surface area contributed by atoms with Gasteiger partial charge in [-0.25, -0.2) is 0 Å². The molecule has 2 heteroatoms. The summed E-state index contributed by atoms with van der Waals surface area (Å²) in [7, 11) is 0. The molecular formula is C10H19NO. The largest absolute Gasteiger partial charge is 0.393 e. The first-order valence-electron chi connectivity index (χ1n) is 5.20. The number of aliphatic hydroxyl groups excluding tert-OH is 1. The van der Waals surface area contributed by atoms with E-state index in [0.29, 0.717) is 5.41 Å². The third-order valence-corrected chi connectivity index (χ3v) is 3.68. The van der Waals surface area contributed by atoms with Crippen LogP contribution in [0, 0.1) is 5.41 Å². The maximum atomic E-state index is 9.41. The smallest absolute Gasteiger partial charge is 0.0540 e. The van der Waals surface area contributed by atoms with Gasteiger partial charge in [-0.15, -0.1) is 0 Å². The van der Waals surface area contributed by atoms with E-state index in [0.717, 1.165) is 12.8 Å². The van der Waals surface area contributed by atoms with E-state index in [1.165, 1.54) is 38.8 Å². The molecule has 2 aliphatic rings. The summed E-state index contributed by atoms with van der Waals surface area (Å²) in [6.45, 7) is 2.38. The lowest BCUT2D eigenvalue weighted by atomic mass is 9.68. The fraction of sp³-hybridized carbons (Fsp3) is 1.00. The Kier molecular flexibility index (Phi) is 2.37. The molecular weight excluding hydrogens is 150 g/mol. The first-order chi connectivity index (χ1) is 5.81. The van der Waals surface area contributed by atoms with Crippen molar-refractivity contribution in [1.29, 1.82) is 0 Å². The van der Waals surface area contributed by atoms with Crippen molar-refractivity contribution in [3.63, 3.8) is 0 Å². The highest BCUT2D eigenvalue weighted by molar-refractivity contribution is 4.89. The normalized spacial score (nSPS) is 30.8. The van der Waals surface area contributed by atoms with Gasteiger partial charge >= 0.3 is 0 Å². The second-order valence-corrected chi connectivity index (χ2v) is 4.48. The minimum Gasteiger partial charge on any atom is -0.393 e. The summed E-state index contributed by atoms with van der Waals surface area (Å²) in [6.07, 6.45) is 7.27. The van der Waals surface area contributed by atoms with Crippen molar-refractivity contribution < 1.29 is 5.11 Å². The number of piperidine rings is 1. The number of aliphatic hydroxyl groups is 1. The molecule has 2 fully saturated rings. The summed E-state index contributed by atoms with van der Waals surface area (Å²) in [5, 5.41) is 12.8. The van der Waals surface area contributed by atoms with Crippen LogP contribution in [0.15, 0.2) is 0 Å². The summed E-state index contributed by atoms with van der Waals surface area (Å²) < 4.78 is 0. The zero-order chi connectivity index (χ0) is 8.44. The van der Waals surface area contributed by atoms with E-state index >= 15 is 0 Å². The van der Waals surface area contributed by atoms with E-state index in [2.05, 4.69) is 5.32 Å². The molecule has 0 aromatic carbocycles. The van der Waals surface area contributed by atoms with Gasteiger partial charge in [-0.3, -0.25) is 0 Å². The minimum atomic E-state index is 0.00510. The van der Waals surface area contributed by atoms with Crippen molar-refractivity contribution in [2.45, 2.75) is 44.6 Å². The fourth-order valence-corrected chi connectivity index (χ4v) is 2.67. The molecule has 2 rings (SSSR count). The quantitative estimate of drug-likeness (QED) is 0.572. The maximum Gasteiger partial charge on any atom is 0.0540 e. The van der Waals surface area contributed by atoms with Gasteiger partial charge in [-0.1, -0.05) is 0 Å². The van der Waals surface area contributed by atoms with Gasteiger partial charge in [0.15, 0.2) is 0 Å². The first kappa shape index (κ1) is 8.52. The Hall–Kier alpha value is -0.0800. The third kappa shape index (κ3) is 1.64. The molecule has 1 aliphatic heterocycles. The Bertz CT molecular complexity index is 142. The number of rotatable bonds is 0. The molecule has 70 valence electrons. The van der Waals surface area contributed by atoms with E-state index in [1.807, 2.05) is 0 Å². The number of hydrogen-bond donors (Lipinski definition) is 2. The Morgan fingerprint density at radius 2 is 1.58 bits per heavy atom. The Labute approximate surface area is 74.4 Å². The average molecular weight is 169 g/mol. The lowest BCUT2D eigenvalue weighted by Gasteiger charge is -2.42. The van der Waals surface area contributed by atoms with Crippen molar-refractivity contribution in [3.8, 4) is 0 Å². The Balaban J connectivity index is 1.92. The molecule has 0 amide bonds. The minimum absolute atomic E-state index is 0.00510. The monoisotopic (exact) mass is 169 g/mol. The van der Waals surface area contributed by atoms with Crippen LogP contribution in [-0.2, 0) is 0 Å². The van der Waals surface area contributed by atoms with Crippen LogP contribution >= 0.6 is 0 Å². The average Bonchev–Trinajstić information content (AvgIpc) is 2.13. The number of nitrogens with one attached hydrogen (secondary N) is 1. The van der Waals surface area contributed by atoms with Gasteiger partial charge in [0.25, 0.3) is 0 Å². The molecule has 1 saturated heterocycles. The van der Waals surface area contributed by atoms with Crippen LogP contribution in [0.4, 0.5) is 0 Å². The van der Waals surface area contributed by atoms with Crippen molar-refractivity contribution in [2.24, 2.45) is 5.41 Å². The van der Waals surface area contributed by atoms with E-state index in [4.69, 9.17) is 0 Å². The highest BCUT2D eigenvalue weighted by atomic mass is 16.3. The predicted molar refractivity (Wildman–Crippen MR) is 49.0 cm³/mol. The van der Waals surface area contributed by atoms with Gasteiger partial charge < -0.3 is 10.4 Å². The summed E-state index contributed by atoms with van der Waals surface area (Å²) in [4.78, 5) is 0. The topological polar surface area (TPSA) is 32.3 Å². The van der Waals surface area contributed by atoms with Crippen molar-refractivity contribution in [1.82, 2.24) is 5.32 Å². The molecule has 2 nitrogen and oxygen atoms in total. The number of hydrogen-bond acceptors (Lipinski definition) is 2. The molecule has 1 heterocycles. The van der Waals surface area contributed by atoms with Crippen LogP contribution in [-0.4, -0.2) is 24.3 Å². The molecule has 2 N–H and O–H groups in total. The second-order valence-electron chi connectivity index (χ2n) is 4.48. The van der Waals surface area contributed by atoms with Crippen molar-refractivity contribution in [2.75, 3.05) is 13.1 Å². The third-order valence-electron chi connectivity index (χ3n) is 3.68. The summed E-state index contributed by atoms with van der Waals surface area (Å²) in [5.41, 5.74) is 0.616. The van der Waals surface area contributed by atoms with Crippen molar-refractivity contribution in [3.05, 3.63) is 0 Å².